The van der Waals surface area contributed by atoms with Crippen LogP contribution in [0.25, 0.3) is 0 Å². The van der Waals surface area contributed by atoms with Gasteiger partial charge in [0.15, 0.2) is 11.5 Å². The molecule has 1 fully saturated rings. The minimum atomic E-state index is -3.69. The van der Waals surface area contributed by atoms with Gasteiger partial charge in [0.05, 0.1) is 24.9 Å². The zero-order valence-corrected chi connectivity index (χ0v) is 18.9. The van der Waals surface area contributed by atoms with Crippen LogP contribution in [0.4, 0.5) is 0 Å². The lowest BCUT2D eigenvalue weighted by Crippen LogP contribution is -2.19. The molecule has 9 heteroatoms. The summed E-state index contributed by atoms with van der Waals surface area (Å²) in [4.78, 5) is 11.2. The molecule has 1 aliphatic carbocycles. The molecule has 1 aromatic carbocycles. The van der Waals surface area contributed by atoms with Gasteiger partial charge in [-0.2, -0.15) is 0 Å². The van der Waals surface area contributed by atoms with Crippen molar-refractivity contribution in [2.24, 2.45) is 0 Å². The number of carbonyl (C=O) groups is 1. The zero-order chi connectivity index (χ0) is 22.0. The molecule has 0 spiro atoms. The SMILES string of the molecule is CCCCOP(=O)(OCCCC)O[C@H](C)COc1ccc(C(=O)O)cc1OC1CC1. The van der Waals surface area contributed by atoms with E-state index >= 15 is 0 Å². The highest BCUT2D eigenvalue weighted by Gasteiger charge is 2.30. The monoisotopic (exact) mass is 444 g/mol. The van der Waals surface area contributed by atoms with E-state index in [9.17, 15) is 14.5 Å². The maximum absolute atomic E-state index is 12.9. The number of rotatable bonds is 16. The van der Waals surface area contributed by atoms with Crippen molar-refractivity contribution >= 4 is 13.8 Å². The molecule has 0 amide bonds. The van der Waals surface area contributed by atoms with E-state index in [0.29, 0.717) is 24.7 Å². The van der Waals surface area contributed by atoms with Gasteiger partial charge in [-0.1, -0.05) is 26.7 Å². The Morgan fingerprint density at radius 1 is 1.13 bits per heavy atom. The summed E-state index contributed by atoms with van der Waals surface area (Å²) in [5, 5.41) is 9.20. The minimum absolute atomic E-state index is 0.0751. The first-order chi connectivity index (χ1) is 14.4. The molecular weight excluding hydrogens is 411 g/mol. The van der Waals surface area contributed by atoms with E-state index < -0.39 is 19.9 Å². The van der Waals surface area contributed by atoms with Gasteiger partial charge in [0.2, 0.25) is 0 Å². The van der Waals surface area contributed by atoms with Gasteiger partial charge in [0.1, 0.15) is 12.7 Å². The quantitative estimate of drug-likeness (QED) is 0.265. The van der Waals surface area contributed by atoms with E-state index in [1.165, 1.54) is 12.1 Å². The molecule has 0 aliphatic heterocycles. The van der Waals surface area contributed by atoms with Crippen molar-refractivity contribution in [3.63, 3.8) is 0 Å². The van der Waals surface area contributed by atoms with Crippen molar-refractivity contribution in [3.05, 3.63) is 23.8 Å². The highest BCUT2D eigenvalue weighted by atomic mass is 31.2. The first kappa shape index (κ1) is 24.7. The van der Waals surface area contributed by atoms with Crippen LogP contribution in [-0.4, -0.2) is 43.1 Å². The lowest BCUT2D eigenvalue weighted by Gasteiger charge is -2.22. The van der Waals surface area contributed by atoms with Crippen LogP contribution < -0.4 is 9.47 Å². The Hall–Kier alpha value is -1.60. The summed E-state index contributed by atoms with van der Waals surface area (Å²) in [7, 11) is -3.69. The van der Waals surface area contributed by atoms with Gasteiger partial charge in [-0.05, 0) is 50.8 Å². The Morgan fingerprint density at radius 3 is 2.30 bits per heavy atom. The minimum Gasteiger partial charge on any atom is -0.487 e. The Bertz CT molecular complexity index is 705. The highest BCUT2D eigenvalue weighted by Crippen LogP contribution is 2.51. The summed E-state index contributed by atoms with van der Waals surface area (Å²) in [6.45, 7) is 6.41. The summed E-state index contributed by atoms with van der Waals surface area (Å²) in [6, 6.07) is 4.46. The topological polar surface area (TPSA) is 101 Å². The van der Waals surface area contributed by atoms with Gasteiger partial charge in [-0.3, -0.25) is 13.6 Å². The molecule has 1 saturated carbocycles. The fourth-order valence-corrected chi connectivity index (χ4v) is 3.82. The molecule has 2 rings (SSSR count). The van der Waals surface area contributed by atoms with E-state index in [-0.39, 0.29) is 18.3 Å². The van der Waals surface area contributed by atoms with Crippen LogP contribution in [0.3, 0.4) is 0 Å². The summed E-state index contributed by atoms with van der Waals surface area (Å²) >= 11 is 0. The number of hydrogen-bond acceptors (Lipinski definition) is 7. The summed E-state index contributed by atoms with van der Waals surface area (Å²) in [5.41, 5.74) is 0.125. The number of unbranched alkanes of at least 4 members (excludes halogenated alkanes) is 2. The molecule has 1 N–H and O–H groups in total. The lowest BCUT2D eigenvalue weighted by atomic mass is 10.2. The molecule has 0 aromatic heterocycles. The van der Waals surface area contributed by atoms with Crippen molar-refractivity contribution in [2.45, 2.75) is 71.5 Å². The standard InChI is InChI=1S/C21H33O8P/c1-4-6-12-26-30(24,27-13-7-5-2)29-16(3)15-25-19-11-8-17(21(22)23)14-20(19)28-18-9-10-18/h8,11,14,16,18H,4-7,9-10,12-13,15H2,1-3H3,(H,22,23)/t16-/m1/s1. The third-order valence-corrected chi connectivity index (χ3v) is 5.90. The fourth-order valence-electron chi connectivity index (χ4n) is 2.42. The van der Waals surface area contributed by atoms with Gasteiger partial charge < -0.3 is 14.6 Å². The molecule has 1 atom stereocenters. The van der Waals surface area contributed by atoms with Crippen LogP contribution >= 0.6 is 7.82 Å². The second kappa shape index (κ2) is 12.3. The number of aromatic carboxylic acids is 1. The number of phosphoric acid groups is 1. The predicted molar refractivity (Wildman–Crippen MR) is 112 cm³/mol. The number of hydrogen-bond donors (Lipinski definition) is 1. The molecule has 1 aliphatic rings. The number of carboxylic acids is 1. The molecular formula is C21H33O8P. The normalized spacial score (nSPS) is 15.0. The van der Waals surface area contributed by atoms with E-state index in [0.717, 1.165) is 38.5 Å². The fraction of sp³-hybridized carbons (Fsp3) is 0.667. The molecule has 0 radical (unpaired) electrons. The molecule has 8 nitrogen and oxygen atoms in total. The van der Waals surface area contributed by atoms with Crippen molar-refractivity contribution in [2.75, 3.05) is 19.8 Å². The zero-order valence-electron chi connectivity index (χ0n) is 18.0. The average Bonchev–Trinajstić information content (AvgIpc) is 3.51. The molecule has 1 aromatic rings. The highest BCUT2D eigenvalue weighted by molar-refractivity contribution is 7.48. The second-order valence-electron chi connectivity index (χ2n) is 7.33. The second-order valence-corrected chi connectivity index (χ2v) is 8.95. The Balaban J connectivity index is 1.97. The summed E-state index contributed by atoms with van der Waals surface area (Å²) in [6.07, 6.45) is 4.71. The van der Waals surface area contributed by atoms with Crippen molar-refractivity contribution < 1.29 is 37.5 Å². The van der Waals surface area contributed by atoms with Gasteiger partial charge in [0.25, 0.3) is 0 Å². The maximum Gasteiger partial charge on any atom is 0.475 e. The van der Waals surface area contributed by atoms with Crippen LogP contribution in [0.5, 0.6) is 11.5 Å². The largest absolute Gasteiger partial charge is 0.487 e. The Kier molecular flexibility index (Phi) is 10.1. The molecule has 30 heavy (non-hydrogen) atoms. The number of benzene rings is 1. The predicted octanol–water partition coefficient (Wildman–Crippen LogP) is 5.45. The van der Waals surface area contributed by atoms with Crippen molar-refractivity contribution in [1.29, 1.82) is 0 Å². The average molecular weight is 444 g/mol. The smallest absolute Gasteiger partial charge is 0.475 e. The molecule has 0 unspecified atom stereocenters. The van der Waals surface area contributed by atoms with Gasteiger partial charge in [-0.15, -0.1) is 0 Å². The molecule has 0 heterocycles. The van der Waals surface area contributed by atoms with Gasteiger partial charge in [0, 0.05) is 0 Å². The molecule has 170 valence electrons. The van der Waals surface area contributed by atoms with Gasteiger partial charge in [-0.25, -0.2) is 9.36 Å². The Morgan fingerprint density at radius 2 is 1.77 bits per heavy atom. The van der Waals surface area contributed by atoms with Crippen LogP contribution in [0.15, 0.2) is 18.2 Å². The first-order valence-corrected chi connectivity index (χ1v) is 12.1. The van der Waals surface area contributed by atoms with Gasteiger partial charge >= 0.3 is 13.8 Å². The third kappa shape index (κ3) is 8.64. The maximum atomic E-state index is 12.9. The molecule has 0 saturated heterocycles. The summed E-state index contributed by atoms with van der Waals surface area (Å²) in [5.74, 6) is -0.240. The number of carboxylic acid groups (broad SMARTS) is 1. The van der Waals surface area contributed by atoms with E-state index in [4.69, 9.17) is 23.0 Å². The van der Waals surface area contributed by atoms with Crippen LogP contribution in [-0.2, 0) is 18.1 Å². The van der Waals surface area contributed by atoms with E-state index in [2.05, 4.69) is 0 Å². The van der Waals surface area contributed by atoms with Crippen molar-refractivity contribution in [3.8, 4) is 11.5 Å². The van der Waals surface area contributed by atoms with Crippen molar-refractivity contribution in [1.82, 2.24) is 0 Å². The summed E-state index contributed by atoms with van der Waals surface area (Å²) < 4.78 is 40.9. The third-order valence-electron chi connectivity index (χ3n) is 4.29. The first-order valence-electron chi connectivity index (χ1n) is 10.6. The number of ether oxygens (including phenoxy) is 2. The van der Waals surface area contributed by atoms with Crippen LogP contribution in [0, 0.1) is 0 Å². The Labute approximate surface area is 178 Å². The van der Waals surface area contributed by atoms with Crippen LogP contribution in [0.2, 0.25) is 0 Å². The molecule has 0 bridgehead atoms. The van der Waals surface area contributed by atoms with Crippen LogP contribution in [0.1, 0.15) is 69.7 Å². The van der Waals surface area contributed by atoms with E-state index in [1.54, 1.807) is 13.0 Å². The van der Waals surface area contributed by atoms with E-state index in [1.807, 2.05) is 13.8 Å². The number of phosphoric ester groups is 1. The lowest BCUT2D eigenvalue weighted by molar-refractivity contribution is 0.0602.